The number of ether oxygens (including phenoxy) is 1. The highest BCUT2D eigenvalue weighted by Gasteiger charge is 2.11. The monoisotopic (exact) mass is 281 g/mol. The highest BCUT2D eigenvalue weighted by molar-refractivity contribution is 7.10. The zero-order valence-corrected chi connectivity index (χ0v) is 12.2. The van der Waals surface area contributed by atoms with Crippen LogP contribution in [-0.2, 0) is 0 Å². The summed E-state index contributed by atoms with van der Waals surface area (Å²) in [5.74, 6) is 0.772. The first-order chi connectivity index (χ1) is 8.61. The van der Waals surface area contributed by atoms with Gasteiger partial charge in [-0.25, -0.2) is 0 Å². The van der Waals surface area contributed by atoms with Gasteiger partial charge in [-0.1, -0.05) is 17.7 Å². The van der Waals surface area contributed by atoms with Gasteiger partial charge in [-0.3, -0.25) is 0 Å². The molecule has 0 spiro atoms. The molecule has 1 atom stereocenters. The zero-order valence-electron chi connectivity index (χ0n) is 10.7. The lowest BCUT2D eigenvalue weighted by atomic mass is 10.2. The Labute approximate surface area is 117 Å². The van der Waals surface area contributed by atoms with Gasteiger partial charge in [0.15, 0.2) is 0 Å². The van der Waals surface area contributed by atoms with Gasteiger partial charge in [-0.15, -0.1) is 11.3 Å². The van der Waals surface area contributed by atoms with Crippen molar-refractivity contribution in [2.45, 2.75) is 19.9 Å². The maximum atomic E-state index is 6.09. The van der Waals surface area contributed by atoms with Gasteiger partial charge in [0.1, 0.15) is 5.75 Å². The molecule has 2 nitrogen and oxygen atoms in total. The van der Waals surface area contributed by atoms with Crippen molar-refractivity contribution in [3.05, 3.63) is 45.1 Å². The van der Waals surface area contributed by atoms with Crippen molar-refractivity contribution in [3.63, 3.8) is 0 Å². The van der Waals surface area contributed by atoms with Crippen molar-refractivity contribution < 1.29 is 4.74 Å². The minimum Gasteiger partial charge on any atom is -0.495 e. The number of thiophene rings is 1. The number of hydrogen-bond acceptors (Lipinski definition) is 3. The summed E-state index contributed by atoms with van der Waals surface area (Å²) in [5, 5.41) is 6.26. The lowest BCUT2D eigenvalue weighted by Crippen LogP contribution is -2.06. The van der Waals surface area contributed by atoms with Crippen molar-refractivity contribution >= 4 is 28.6 Å². The zero-order chi connectivity index (χ0) is 13.1. The van der Waals surface area contributed by atoms with Crippen LogP contribution in [0.3, 0.4) is 0 Å². The van der Waals surface area contributed by atoms with E-state index >= 15 is 0 Å². The van der Waals surface area contributed by atoms with E-state index < -0.39 is 0 Å². The standard InChI is InChI=1S/C14H16ClNOS/c1-9-7-12(13(17-3)8-11(9)15)16-10(2)14-5-4-6-18-14/h4-8,10,16H,1-3H3. The lowest BCUT2D eigenvalue weighted by molar-refractivity contribution is 0.416. The Morgan fingerprint density at radius 1 is 1.39 bits per heavy atom. The van der Waals surface area contributed by atoms with Crippen LogP contribution in [0.15, 0.2) is 29.6 Å². The SMILES string of the molecule is COc1cc(Cl)c(C)cc1NC(C)c1cccs1. The van der Waals surface area contributed by atoms with Gasteiger partial charge >= 0.3 is 0 Å². The first kappa shape index (κ1) is 13.2. The third kappa shape index (κ3) is 2.79. The van der Waals surface area contributed by atoms with Crippen molar-refractivity contribution in [1.82, 2.24) is 0 Å². The first-order valence-corrected chi connectivity index (χ1v) is 7.01. The third-order valence-corrected chi connectivity index (χ3v) is 4.28. The molecule has 18 heavy (non-hydrogen) atoms. The van der Waals surface area contributed by atoms with Crippen LogP contribution in [0.5, 0.6) is 5.75 Å². The molecule has 0 aliphatic carbocycles. The number of benzene rings is 1. The Bertz CT molecular complexity index is 525. The second-order valence-corrected chi connectivity index (χ2v) is 5.57. The van der Waals surface area contributed by atoms with Gasteiger partial charge in [0, 0.05) is 16.0 Å². The molecule has 2 rings (SSSR count). The van der Waals surface area contributed by atoms with Crippen molar-refractivity contribution in [1.29, 1.82) is 0 Å². The number of hydrogen-bond donors (Lipinski definition) is 1. The van der Waals surface area contributed by atoms with Crippen LogP contribution in [0.2, 0.25) is 5.02 Å². The average Bonchev–Trinajstić information content (AvgIpc) is 2.87. The molecule has 1 aromatic carbocycles. The number of methoxy groups -OCH3 is 1. The summed E-state index contributed by atoms with van der Waals surface area (Å²) < 4.78 is 5.36. The second-order valence-electron chi connectivity index (χ2n) is 4.18. The van der Waals surface area contributed by atoms with E-state index in [0.29, 0.717) is 0 Å². The molecule has 0 amide bonds. The maximum absolute atomic E-state index is 6.09. The highest BCUT2D eigenvalue weighted by atomic mass is 35.5. The fourth-order valence-corrected chi connectivity index (χ4v) is 2.68. The van der Waals surface area contributed by atoms with E-state index in [1.165, 1.54) is 4.88 Å². The summed E-state index contributed by atoms with van der Waals surface area (Å²) in [7, 11) is 1.65. The predicted molar refractivity (Wildman–Crippen MR) is 79.1 cm³/mol. The molecule has 0 aliphatic heterocycles. The first-order valence-electron chi connectivity index (χ1n) is 5.76. The van der Waals surface area contributed by atoms with Crippen LogP contribution in [0.1, 0.15) is 23.4 Å². The van der Waals surface area contributed by atoms with E-state index in [9.17, 15) is 0 Å². The number of anilines is 1. The van der Waals surface area contributed by atoms with E-state index in [2.05, 4.69) is 29.8 Å². The highest BCUT2D eigenvalue weighted by Crippen LogP contribution is 2.33. The van der Waals surface area contributed by atoms with Gasteiger partial charge in [-0.05, 0) is 36.9 Å². The fraction of sp³-hybridized carbons (Fsp3) is 0.286. The molecule has 4 heteroatoms. The van der Waals surface area contributed by atoms with Gasteiger partial charge in [-0.2, -0.15) is 0 Å². The normalized spacial score (nSPS) is 12.2. The summed E-state index contributed by atoms with van der Waals surface area (Å²) in [6.07, 6.45) is 0. The van der Waals surface area contributed by atoms with E-state index in [0.717, 1.165) is 22.0 Å². The van der Waals surface area contributed by atoms with Gasteiger partial charge in [0.05, 0.1) is 18.8 Å². The summed E-state index contributed by atoms with van der Waals surface area (Å²) in [5.41, 5.74) is 2.01. The van der Waals surface area contributed by atoms with Crippen LogP contribution in [0.25, 0.3) is 0 Å². The molecule has 2 aromatic rings. The van der Waals surface area contributed by atoms with Gasteiger partial charge < -0.3 is 10.1 Å². The average molecular weight is 282 g/mol. The Hall–Kier alpha value is -1.19. The van der Waals surface area contributed by atoms with Crippen LogP contribution >= 0.6 is 22.9 Å². The number of rotatable bonds is 4. The molecule has 1 unspecified atom stereocenters. The Morgan fingerprint density at radius 3 is 2.78 bits per heavy atom. The molecule has 96 valence electrons. The third-order valence-electron chi connectivity index (χ3n) is 2.82. The molecule has 0 radical (unpaired) electrons. The molecular weight excluding hydrogens is 266 g/mol. The van der Waals surface area contributed by atoms with Gasteiger partial charge in [0.25, 0.3) is 0 Å². The summed E-state index contributed by atoms with van der Waals surface area (Å²) in [6.45, 7) is 4.12. The Kier molecular flexibility index (Phi) is 4.15. The van der Waals surface area contributed by atoms with Crippen molar-refractivity contribution in [2.24, 2.45) is 0 Å². The van der Waals surface area contributed by atoms with Crippen LogP contribution < -0.4 is 10.1 Å². The summed E-state index contributed by atoms with van der Waals surface area (Å²) >= 11 is 7.84. The van der Waals surface area contributed by atoms with Crippen LogP contribution in [0.4, 0.5) is 5.69 Å². The summed E-state index contributed by atoms with van der Waals surface area (Å²) in [6, 6.07) is 8.30. The quantitative estimate of drug-likeness (QED) is 0.861. The van der Waals surface area contributed by atoms with Gasteiger partial charge in [0.2, 0.25) is 0 Å². The second kappa shape index (κ2) is 5.63. The van der Waals surface area contributed by atoms with E-state index in [1.54, 1.807) is 18.4 Å². The molecule has 1 N–H and O–H groups in total. The lowest BCUT2D eigenvalue weighted by Gasteiger charge is -2.17. The van der Waals surface area contributed by atoms with Crippen molar-refractivity contribution in [3.8, 4) is 5.75 Å². The largest absolute Gasteiger partial charge is 0.495 e. The minimum atomic E-state index is 0.250. The van der Waals surface area contributed by atoms with Crippen LogP contribution in [0, 0.1) is 6.92 Å². The number of nitrogens with one attached hydrogen (secondary N) is 1. The Balaban J connectivity index is 2.25. The molecule has 0 saturated heterocycles. The smallest absolute Gasteiger partial charge is 0.143 e. The molecule has 0 fully saturated rings. The maximum Gasteiger partial charge on any atom is 0.143 e. The summed E-state index contributed by atoms with van der Waals surface area (Å²) in [4.78, 5) is 1.30. The molecule has 1 aromatic heterocycles. The molecule has 1 heterocycles. The molecule has 0 aliphatic rings. The van der Waals surface area contributed by atoms with E-state index in [-0.39, 0.29) is 6.04 Å². The topological polar surface area (TPSA) is 21.3 Å². The molecule has 0 saturated carbocycles. The van der Waals surface area contributed by atoms with E-state index in [1.807, 2.05) is 19.1 Å². The van der Waals surface area contributed by atoms with Crippen LogP contribution in [-0.4, -0.2) is 7.11 Å². The number of halogens is 1. The molecule has 0 bridgehead atoms. The Morgan fingerprint density at radius 2 is 2.17 bits per heavy atom. The fourth-order valence-electron chi connectivity index (χ4n) is 1.79. The van der Waals surface area contributed by atoms with Crippen molar-refractivity contribution in [2.75, 3.05) is 12.4 Å². The number of aryl methyl sites for hydroxylation is 1. The van der Waals surface area contributed by atoms with E-state index in [4.69, 9.17) is 16.3 Å². The molecular formula is C14H16ClNOS. The predicted octanol–water partition coefficient (Wildman–Crippen LogP) is 4.89. The minimum absolute atomic E-state index is 0.250.